The molecule has 1 aliphatic rings. The minimum Gasteiger partial charge on any atom is -0.469 e. The van der Waals surface area contributed by atoms with Crippen LogP contribution in [0.2, 0.25) is 19.6 Å². The van der Waals surface area contributed by atoms with E-state index in [0.29, 0.717) is 23.0 Å². The number of fused-ring (bicyclic) bond motifs is 4. The average Bonchev–Trinajstić information content (AvgIpc) is 3.94. The standard InChI is InChI=1S/C34H31N2O.C23H28NSi.Ir/c1-22-19-24(21-35)31-28-16-10-15-27(23-11-6-5-7-12-23)32(28)37-33(31)30(22)29-20-26(17-18-36(29)4)34(2,3)25-13-8-9-14-25;1-16(2)20-14-21(24(4)15-22(20)25(5,6)7)23-17(3)12-13-18-10-8-9-11-19(18)23;/h5-7,10-12,15-20,25H,1,4,8-9,13-14H2,2-3H3;8-16H,3-4H2,1-2,5-7H3;/q2*-1;. The number of para-hydroxylation sites is 1. The molecular weight excluding hydrogens is 963 g/mol. The van der Waals surface area contributed by atoms with E-state index >= 15 is 0 Å². The molecule has 8 aromatic rings. The van der Waals surface area contributed by atoms with E-state index in [1.165, 1.54) is 58.3 Å². The Morgan fingerprint density at radius 1 is 0.746 bits per heavy atom. The summed E-state index contributed by atoms with van der Waals surface area (Å²) in [6, 6.07) is 40.2. The average molecular weight is 1020 g/mol. The monoisotopic (exact) mass is 1020 g/mol. The van der Waals surface area contributed by atoms with Crippen LogP contribution in [0, 0.1) is 45.2 Å². The summed E-state index contributed by atoms with van der Waals surface area (Å²) in [5.41, 5.74) is 12.9. The molecule has 0 bridgehead atoms. The summed E-state index contributed by atoms with van der Waals surface area (Å²) >= 11 is 0. The molecule has 6 heteroatoms. The molecule has 0 unspecified atom stereocenters. The predicted octanol–water partition coefficient (Wildman–Crippen LogP) is 13.7. The normalized spacial score (nSPS) is 13.3. The molecule has 1 aliphatic carbocycles. The summed E-state index contributed by atoms with van der Waals surface area (Å²) in [7, 11) is 7.20. The Morgan fingerprint density at radius 2 is 1.41 bits per heavy atom. The first-order chi connectivity index (χ1) is 29.6. The number of rotatable bonds is 7. The molecule has 5 aromatic carbocycles. The molecule has 0 amide bonds. The van der Waals surface area contributed by atoms with Crippen molar-refractivity contribution in [1.29, 1.82) is 5.26 Å². The third kappa shape index (κ3) is 8.43. The van der Waals surface area contributed by atoms with E-state index in [9.17, 15) is 5.26 Å². The molecule has 0 atom stereocenters. The molecule has 3 aromatic heterocycles. The number of benzene rings is 5. The van der Waals surface area contributed by atoms with E-state index in [4.69, 9.17) is 4.42 Å². The van der Waals surface area contributed by atoms with E-state index < -0.39 is 8.07 Å². The van der Waals surface area contributed by atoms with E-state index in [-0.39, 0.29) is 25.5 Å². The molecular formula is C57H59IrN3OSi-2. The molecule has 0 saturated heterocycles. The van der Waals surface area contributed by atoms with Gasteiger partial charge in [-0.2, -0.15) is 36.3 Å². The minimum absolute atomic E-state index is 0. The third-order valence-corrected chi connectivity index (χ3v) is 15.4. The van der Waals surface area contributed by atoms with Gasteiger partial charge in [0.05, 0.1) is 43.5 Å². The molecule has 323 valence electrons. The number of hydrogen-bond donors (Lipinski definition) is 0. The molecule has 0 spiro atoms. The molecule has 0 aliphatic heterocycles. The van der Waals surface area contributed by atoms with Crippen molar-refractivity contribution in [3.8, 4) is 39.7 Å². The Kier molecular flexibility index (Phi) is 12.8. The molecule has 63 heavy (non-hydrogen) atoms. The molecule has 1 radical (unpaired) electrons. The number of hydrogen-bond acceptors (Lipinski definition) is 2. The zero-order valence-electron chi connectivity index (χ0n) is 37.9. The fourth-order valence-corrected chi connectivity index (χ4v) is 11.6. The van der Waals surface area contributed by atoms with Gasteiger partial charge in [0.25, 0.3) is 0 Å². The van der Waals surface area contributed by atoms with Crippen LogP contribution < -0.4 is 14.3 Å². The summed E-state index contributed by atoms with van der Waals surface area (Å²) in [6.07, 6.45) is 9.47. The van der Waals surface area contributed by atoms with E-state index in [1.54, 1.807) is 0 Å². The van der Waals surface area contributed by atoms with Crippen LogP contribution in [0.25, 0.3) is 66.4 Å². The maximum atomic E-state index is 10.1. The second-order valence-electron chi connectivity index (χ2n) is 19.1. The van der Waals surface area contributed by atoms with Crippen LogP contribution in [0.3, 0.4) is 0 Å². The van der Waals surface area contributed by atoms with Crippen LogP contribution in [0.4, 0.5) is 0 Å². The number of furan rings is 1. The Bertz CT molecular complexity index is 3020. The molecule has 4 nitrogen and oxygen atoms in total. The summed E-state index contributed by atoms with van der Waals surface area (Å²) in [4.78, 5) is 0. The van der Waals surface area contributed by atoms with Gasteiger partial charge in [-0.05, 0) is 46.2 Å². The molecule has 9 rings (SSSR count). The van der Waals surface area contributed by atoms with Gasteiger partial charge in [-0.15, -0.1) is 17.7 Å². The third-order valence-electron chi connectivity index (χ3n) is 13.4. The largest absolute Gasteiger partial charge is 0.469 e. The van der Waals surface area contributed by atoms with Crippen molar-refractivity contribution in [3.63, 3.8) is 0 Å². The smallest absolute Gasteiger partial charge is 0.141 e. The zero-order valence-corrected chi connectivity index (χ0v) is 41.3. The Balaban J connectivity index is 0.000000201. The number of nitriles is 1. The van der Waals surface area contributed by atoms with Crippen molar-refractivity contribution < 1.29 is 33.7 Å². The second-order valence-corrected chi connectivity index (χ2v) is 24.2. The van der Waals surface area contributed by atoms with Gasteiger partial charge in [0.1, 0.15) is 5.58 Å². The SMILES string of the molecule is [CH2-]c1cc(C#N)c2c(oc3c(-c4ccccc4)cccc32)c1-c1cc(C(C)(C)C2CCCC2)cc[n+]1[CH2-].[CH2-]c1ccc2ccccc2c1-c1cc(C(C)C)c([Si](C)(C)C)c[n+]1[CH2-].[Ir]. The maximum absolute atomic E-state index is 10.1. The second kappa shape index (κ2) is 17.8. The fraction of sp³-hybridized carbons (Fsp3) is 0.246. The molecule has 3 heterocycles. The topological polar surface area (TPSA) is 44.7 Å². The van der Waals surface area contributed by atoms with Crippen molar-refractivity contribution in [2.45, 2.75) is 84.4 Å². The van der Waals surface area contributed by atoms with Gasteiger partial charge < -0.3 is 13.6 Å². The summed E-state index contributed by atoms with van der Waals surface area (Å²) in [5.74, 6) is 1.16. The van der Waals surface area contributed by atoms with Gasteiger partial charge in [0.2, 0.25) is 0 Å². The Morgan fingerprint density at radius 3 is 2.10 bits per heavy atom. The van der Waals surface area contributed by atoms with Crippen molar-refractivity contribution in [2.75, 3.05) is 0 Å². The Hall–Kier alpha value is -5.70. The quantitative estimate of drug-likeness (QED) is 0.0907. The number of nitrogens with zero attached hydrogens (tertiary/aromatic N) is 3. The van der Waals surface area contributed by atoms with Crippen molar-refractivity contribution in [3.05, 3.63) is 177 Å². The number of pyridine rings is 2. The van der Waals surface area contributed by atoms with E-state index in [2.05, 4.69) is 165 Å². The minimum atomic E-state index is -1.44. The van der Waals surface area contributed by atoms with Crippen molar-refractivity contribution in [1.82, 2.24) is 0 Å². The first-order valence-corrected chi connectivity index (χ1v) is 25.5. The van der Waals surface area contributed by atoms with Gasteiger partial charge in [-0.3, -0.25) is 0 Å². The van der Waals surface area contributed by atoms with E-state index in [0.717, 1.165) is 55.6 Å². The zero-order chi connectivity index (χ0) is 44.1. The van der Waals surface area contributed by atoms with Crippen LogP contribution in [0.5, 0.6) is 0 Å². The summed E-state index contributed by atoms with van der Waals surface area (Å²) < 4.78 is 10.6. The fourth-order valence-electron chi connectivity index (χ4n) is 9.82. The van der Waals surface area contributed by atoms with Crippen molar-refractivity contribution >= 4 is 46.0 Å². The summed E-state index contributed by atoms with van der Waals surface area (Å²) in [5, 5.41) is 15.8. The van der Waals surface area contributed by atoms with Gasteiger partial charge in [0.15, 0.2) is 0 Å². The molecule has 1 fully saturated rings. The van der Waals surface area contributed by atoms with Crippen LogP contribution in [0.1, 0.15) is 87.1 Å². The van der Waals surface area contributed by atoms with Gasteiger partial charge >= 0.3 is 0 Å². The predicted molar refractivity (Wildman–Crippen MR) is 262 cm³/mol. The van der Waals surface area contributed by atoms with Gasteiger partial charge in [-0.25, -0.2) is 0 Å². The maximum Gasteiger partial charge on any atom is 0.141 e. The Labute approximate surface area is 390 Å². The van der Waals surface area contributed by atoms with Crippen LogP contribution >= 0.6 is 0 Å². The first kappa shape index (κ1) is 45.3. The van der Waals surface area contributed by atoms with Gasteiger partial charge in [0, 0.05) is 56.1 Å². The van der Waals surface area contributed by atoms with Crippen LogP contribution in [-0.4, -0.2) is 8.07 Å². The molecule has 0 N–H and O–H groups in total. The van der Waals surface area contributed by atoms with Gasteiger partial charge in [-0.1, -0.05) is 173 Å². The first-order valence-electron chi connectivity index (χ1n) is 22.0. The summed E-state index contributed by atoms with van der Waals surface area (Å²) in [6.45, 7) is 25.2. The van der Waals surface area contributed by atoms with Crippen LogP contribution in [0.15, 0.2) is 126 Å². The number of aromatic nitrogens is 2. The molecule has 1 saturated carbocycles. The van der Waals surface area contributed by atoms with Crippen molar-refractivity contribution in [2.24, 2.45) is 5.92 Å². The van der Waals surface area contributed by atoms with E-state index in [1.807, 2.05) is 47.2 Å². The van der Waals surface area contributed by atoms with Crippen LogP contribution in [-0.2, 0) is 25.5 Å².